The van der Waals surface area contributed by atoms with Gasteiger partial charge in [-0.25, -0.2) is 0 Å². The van der Waals surface area contributed by atoms with Crippen LogP contribution >= 0.6 is 0 Å². The third kappa shape index (κ3) is 3.86. The van der Waals surface area contributed by atoms with E-state index in [1.807, 2.05) is 12.1 Å². The van der Waals surface area contributed by atoms with E-state index in [9.17, 15) is 0 Å². The maximum absolute atomic E-state index is 5.41. The molecular weight excluding hydrogens is 212 g/mol. The molecule has 0 amide bonds. The van der Waals surface area contributed by atoms with E-state index in [0.29, 0.717) is 18.1 Å². The summed E-state index contributed by atoms with van der Waals surface area (Å²) in [6, 6.07) is 5.48. The van der Waals surface area contributed by atoms with E-state index < -0.39 is 0 Å². The van der Waals surface area contributed by atoms with Gasteiger partial charge < -0.3 is 15.1 Å². The highest BCUT2D eigenvalue weighted by Gasteiger charge is 2.17. The molecule has 3 atom stereocenters. The molecule has 0 bridgehead atoms. The molecule has 1 fully saturated rings. The molecule has 17 heavy (non-hydrogen) atoms. The van der Waals surface area contributed by atoms with Crippen molar-refractivity contribution in [2.24, 2.45) is 0 Å². The van der Waals surface area contributed by atoms with Gasteiger partial charge in [-0.1, -0.05) is 6.42 Å². The number of hydrogen-bond acceptors (Lipinski definition) is 3. The molecule has 1 aromatic heterocycles. The summed E-state index contributed by atoms with van der Waals surface area (Å²) in [4.78, 5) is 0. The molecule has 0 spiro atoms. The van der Waals surface area contributed by atoms with Crippen molar-refractivity contribution in [1.82, 2.24) is 10.6 Å². The molecule has 96 valence electrons. The first-order valence-corrected chi connectivity index (χ1v) is 6.78. The molecule has 1 aromatic rings. The molecule has 1 aliphatic rings. The Morgan fingerprint density at radius 2 is 2.35 bits per heavy atom. The van der Waals surface area contributed by atoms with Gasteiger partial charge in [0.15, 0.2) is 0 Å². The van der Waals surface area contributed by atoms with E-state index in [-0.39, 0.29) is 0 Å². The van der Waals surface area contributed by atoms with Crippen molar-refractivity contribution >= 4 is 0 Å². The first-order chi connectivity index (χ1) is 8.25. The molecule has 0 aromatic carbocycles. The molecular formula is C14H24N2O. The van der Waals surface area contributed by atoms with Gasteiger partial charge in [0.05, 0.1) is 12.3 Å². The van der Waals surface area contributed by atoms with Crippen molar-refractivity contribution in [3.05, 3.63) is 24.2 Å². The van der Waals surface area contributed by atoms with Crippen molar-refractivity contribution in [2.75, 3.05) is 6.54 Å². The van der Waals surface area contributed by atoms with Crippen LogP contribution in [-0.2, 0) is 0 Å². The largest absolute Gasteiger partial charge is 0.468 e. The predicted molar refractivity (Wildman–Crippen MR) is 70.0 cm³/mol. The molecule has 3 nitrogen and oxygen atoms in total. The minimum atomic E-state index is 0.295. The van der Waals surface area contributed by atoms with Crippen LogP contribution in [-0.4, -0.2) is 18.6 Å². The quantitative estimate of drug-likeness (QED) is 0.825. The van der Waals surface area contributed by atoms with Crippen molar-refractivity contribution < 1.29 is 4.42 Å². The third-order valence-electron chi connectivity index (χ3n) is 3.55. The van der Waals surface area contributed by atoms with Gasteiger partial charge in [0.25, 0.3) is 0 Å². The van der Waals surface area contributed by atoms with Crippen molar-refractivity contribution in [2.45, 2.75) is 57.7 Å². The molecule has 0 radical (unpaired) electrons. The van der Waals surface area contributed by atoms with Gasteiger partial charge in [-0.15, -0.1) is 0 Å². The second kappa shape index (κ2) is 6.22. The standard InChI is InChI=1S/C14H24N2O/c1-11(10-13-6-3-4-8-15-13)16-12(2)14-7-5-9-17-14/h5,7,9,11-13,15-16H,3-4,6,8,10H2,1-2H3. The fourth-order valence-electron chi connectivity index (χ4n) is 2.67. The summed E-state index contributed by atoms with van der Waals surface area (Å²) >= 11 is 0. The summed E-state index contributed by atoms with van der Waals surface area (Å²) in [5.74, 6) is 1.02. The number of hydrogen-bond donors (Lipinski definition) is 2. The Morgan fingerprint density at radius 1 is 1.47 bits per heavy atom. The van der Waals surface area contributed by atoms with Crippen LogP contribution in [0.15, 0.2) is 22.8 Å². The molecule has 2 rings (SSSR count). The molecule has 2 heterocycles. The SMILES string of the molecule is CC(CC1CCCCN1)NC(C)c1ccco1. The molecule has 1 aliphatic heterocycles. The van der Waals surface area contributed by atoms with E-state index in [0.717, 1.165) is 5.76 Å². The monoisotopic (exact) mass is 236 g/mol. The Morgan fingerprint density at radius 3 is 3.00 bits per heavy atom. The van der Waals surface area contributed by atoms with Gasteiger partial charge in [0.2, 0.25) is 0 Å². The smallest absolute Gasteiger partial charge is 0.120 e. The van der Waals surface area contributed by atoms with Crippen LogP contribution < -0.4 is 10.6 Å². The molecule has 1 saturated heterocycles. The second-order valence-electron chi connectivity index (χ2n) is 5.19. The van der Waals surface area contributed by atoms with Gasteiger partial charge in [-0.05, 0) is 51.8 Å². The maximum Gasteiger partial charge on any atom is 0.120 e. The van der Waals surface area contributed by atoms with Gasteiger partial charge in [-0.2, -0.15) is 0 Å². The van der Waals surface area contributed by atoms with Gasteiger partial charge in [0, 0.05) is 12.1 Å². The zero-order valence-corrected chi connectivity index (χ0v) is 10.9. The van der Waals surface area contributed by atoms with Crippen LogP contribution in [0.4, 0.5) is 0 Å². The second-order valence-corrected chi connectivity index (χ2v) is 5.19. The Labute approximate surface area is 104 Å². The Kier molecular flexibility index (Phi) is 4.63. The van der Waals surface area contributed by atoms with Gasteiger partial charge in [-0.3, -0.25) is 0 Å². The van der Waals surface area contributed by atoms with Crippen LogP contribution in [0.2, 0.25) is 0 Å². The first kappa shape index (κ1) is 12.7. The summed E-state index contributed by atoms with van der Waals surface area (Å²) in [5, 5.41) is 7.19. The molecule has 3 unspecified atom stereocenters. The minimum absolute atomic E-state index is 0.295. The van der Waals surface area contributed by atoms with Crippen LogP contribution in [0.25, 0.3) is 0 Å². The number of rotatable bonds is 5. The zero-order valence-electron chi connectivity index (χ0n) is 10.9. The zero-order chi connectivity index (χ0) is 12.1. The van der Waals surface area contributed by atoms with Gasteiger partial charge in [0.1, 0.15) is 5.76 Å². The fourth-order valence-corrected chi connectivity index (χ4v) is 2.67. The van der Waals surface area contributed by atoms with E-state index in [4.69, 9.17) is 4.42 Å². The lowest BCUT2D eigenvalue weighted by molar-refractivity contribution is 0.322. The Balaban J connectivity index is 1.74. The van der Waals surface area contributed by atoms with Crippen LogP contribution in [0, 0.1) is 0 Å². The van der Waals surface area contributed by atoms with E-state index >= 15 is 0 Å². The number of piperidine rings is 1. The topological polar surface area (TPSA) is 37.2 Å². The fraction of sp³-hybridized carbons (Fsp3) is 0.714. The summed E-state index contributed by atoms with van der Waals surface area (Å²) < 4.78 is 5.41. The van der Waals surface area contributed by atoms with Crippen molar-refractivity contribution in [1.29, 1.82) is 0 Å². The molecule has 0 aliphatic carbocycles. The highest BCUT2D eigenvalue weighted by atomic mass is 16.3. The summed E-state index contributed by atoms with van der Waals surface area (Å²) in [6.45, 7) is 5.60. The number of nitrogens with one attached hydrogen (secondary N) is 2. The van der Waals surface area contributed by atoms with E-state index in [2.05, 4.69) is 24.5 Å². The first-order valence-electron chi connectivity index (χ1n) is 6.78. The van der Waals surface area contributed by atoms with Gasteiger partial charge >= 0.3 is 0 Å². The Bertz CT molecular complexity index is 304. The van der Waals surface area contributed by atoms with E-state index in [1.54, 1.807) is 6.26 Å². The number of furan rings is 1. The van der Waals surface area contributed by atoms with Crippen molar-refractivity contribution in [3.8, 4) is 0 Å². The van der Waals surface area contributed by atoms with Crippen LogP contribution in [0.3, 0.4) is 0 Å². The predicted octanol–water partition coefficient (Wildman–Crippen LogP) is 2.85. The summed E-state index contributed by atoms with van der Waals surface area (Å²) in [7, 11) is 0. The molecule has 2 N–H and O–H groups in total. The highest BCUT2D eigenvalue weighted by Crippen LogP contribution is 2.16. The maximum atomic E-state index is 5.41. The normalized spacial score (nSPS) is 24.5. The highest BCUT2D eigenvalue weighted by molar-refractivity contribution is 5.03. The van der Waals surface area contributed by atoms with Crippen LogP contribution in [0.5, 0.6) is 0 Å². The summed E-state index contributed by atoms with van der Waals surface area (Å²) in [6.07, 6.45) is 6.96. The Hall–Kier alpha value is -0.800. The minimum Gasteiger partial charge on any atom is -0.468 e. The molecule has 3 heteroatoms. The van der Waals surface area contributed by atoms with Crippen molar-refractivity contribution in [3.63, 3.8) is 0 Å². The lowest BCUT2D eigenvalue weighted by atomic mass is 9.98. The van der Waals surface area contributed by atoms with E-state index in [1.165, 1.54) is 32.2 Å². The molecule has 0 saturated carbocycles. The average Bonchev–Trinajstić information content (AvgIpc) is 2.83. The summed E-state index contributed by atoms with van der Waals surface area (Å²) in [5.41, 5.74) is 0. The third-order valence-corrected chi connectivity index (χ3v) is 3.55. The average molecular weight is 236 g/mol. The lowest BCUT2D eigenvalue weighted by Crippen LogP contribution is -2.40. The van der Waals surface area contributed by atoms with Crippen LogP contribution in [0.1, 0.15) is 51.3 Å². The lowest BCUT2D eigenvalue weighted by Gasteiger charge is -2.27.